The molecule has 4 heteroatoms. The van der Waals surface area contributed by atoms with Gasteiger partial charge >= 0.3 is 0 Å². The second-order valence-electron chi connectivity index (χ2n) is 4.77. The zero-order chi connectivity index (χ0) is 13.9. The molecule has 0 aliphatic rings. The molecule has 1 rings (SSSR count). The minimum atomic E-state index is -0.805. The van der Waals surface area contributed by atoms with Gasteiger partial charge in [-0.3, -0.25) is 4.79 Å². The normalized spacial score (nSPS) is 14.1. The lowest BCUT2D eigenvalue weighted by Crippen LogP contribution is -2.41. The van der Waals surface area contributed by atoms with Gasteiger partial charge in [0, 0.05) is 18.5 Å². The summed E-state index contributed by atoms with van der Waals surface area (Å²) in [5.41, 5.74) is 8.38. The number of benzene rings is 1. The number of nitrogen functional groups attached to an aromatic ring is 1. The van der Waals surface area contributed by atoms with Crippen LogP contribution in [0.15, 0.2) is 12.1 Å². The molecule has 0 aromatic heterocycles. The molecule has 0 spiro atoms. The highest BCUT2D eigenvalue weighted by Crippen LogP contribution is 2.25. The quantitative estimate of drug-likeness (QED) is 0.807. The van der Waals surface area contributed by atoms with Crippen molar-refractivity contribution in [1.82, 2.24) is 0 Å². The zero-order valence-electron chi connectivity index (χ0n) is 11.8. The van der Waals surface area contributed by atoms with E-state index in [-0.39, 0.29) is 5.91 Å². The maximum atomic E-state index is 12.2. The summed E-state index contributed by atoms with van der Waals surface area (Å²) >= 11 is 0. The fourth-order valence-electron chi connectivity index (χ4n) is 1.84. The number of aryl methyl sites for hydroxylation is 2. The minimum absolute atomic E-state index is 0.136. The Morgan fingerprint density at radius 1 is 1.39 bits per heavy atom. The van der Waals surface area contributed by atoms with Gasteiger partial charge in [-0.25, -0.2) is 0 Å². The summed E-state index contributed by atoms with van der Waals surface area (Å²) in [5, 5.41) is 2.93. The van der Waals surface area contributed by atoms with Crippen molar-refractivity contribution in [2.75, 3.05) is 18.2 Å². The molecular weight excluding hydrogens is 228 g/mol. The number of hydrogen-bond donors (Lipinski definition) is 2. The number of hydrogen-bond acceptors (Lipinski definition) is 3. The molecule has 3 N–H and O–H groups in total. The van der Waals surface area contributed by atoms with Crippen LogP contribution < -0.4 is 11.1 Å². The van der Waals surface area contributed by atoms with E-state index < -0.39 is 5.60 Å². The Morgan fingerprint density at radius 3 is 2.28 bits per heavy atom. The molecule has 0 saturated heterocycles. The molecule has 1 aromatic carbocycles. The molecule has 1 aromatic rings. The smallest absolute Gasteiger partial charge is 0.256 e. The number of carbonyl (C=O) groups is 1. The van der Waals surface area contributed by atoms with Crippen LogP contribution in [0.5, 0.6) is 0 Å². The lowest BCUT2D eigenvalue weighted by Gasteiger charge is -2.26. The highest BCUT2D eigenvalue weighted by atomic mass is 16.5. The summed E-state index contributed by atoms with van der Waals surface area (Å²) in [4.78, 5) is 12.2. The molecule has 0 bridgehead atoms. The van der Waals surface area contributed by atoms with Crippen LogP contribution in [0.3, 0.4) is 0 Å². The van der Waals surface area contributed by atoms with Crippen molar-refractivity contribution >= 4 is 17.3 Å². The van der Waals surface area contributed by atoms with Gasteiger partial charge in [0.05, 0.1) is 0 Å². The topological polar surface area (TPSA) is 64.3 Å². The summed E-state index contributed by atoms with van der Waals surface area (Å²) in [7, 11) is 1.55. The second kappa shape index (κ2) is 5.40. The second-order valence-corrected chi connectivity index (χ2v) is 4.77. The van der Waals surface area contributed by atoms with Crippen LogP contribution in [-0.4, -0.2) is 18.6 Å². The van der Waals surface area contributed by atoms with E-state index in [4.69, 9.17) is 10.5 Å². The maximum absolute atomic E-state index is 12.2. The predicted molar refractivity (Wildman–Crippen MR) is 74.7 cm³/mol. The zero-order valence-corrected chi connectivity index (χ0v) is 11.8. The molecular formula is C14H22N2O2. The van der Waals surface area contributed by atoms with E-state index in [0.29, 0.717) is 12.1 Å². The molecule has 1 amide bonds. The van der Waals surface area contributed by atoms with Gasteiger partial charge in [0.15, 0.2) is 0 Å². The average Bonchev–Trinajstić information content (AvgIpc) is 2.32. The number of methoxy groups -OCH3 is 1. The SMILES string of the molecule is CCC(C)(OC)C(=O)Nc1c(C)cc(N)cc1C. The van der Waals surface area contributed by atoms with Gasteiger partial charge in [0.1, 0.15) is 5.60 Å². The van der Waals surface area contributed by atoms with Crippen LogP contribution >= 0.6 is 0 Å². The van der Waals surface area contributed by atoms with Crippen LogP contribution in [0.1, 0.15) is 31.4 Å². The summed E-state index contributed by atoms with van der Waals surface area (Å²) in [5.74, 6) is -0.136. The highest BCUT2D eigenvalue weighted by Gasteiger charge is 2.31. The lowest BCUT2D eigenvalue weighted by molar-refractivity contribution is -0.136. The van der Waals surface area contributed by atoms with Gasteiger partial charge in [-0.1, -0.05) is 6.92 Å². The van der Waals surface area contributed by atoms with Gasteiger partial charge in [-0.2, -0.15) is 0 Å². The van der Waals surface area contributed by atoms with Crippen molar-refractivity contribution in [3.63, 3.8) is 0 Å². The molecule has 1 unspecified atom stereocenters. The molecule has 0 aliphatic heterocycles. The molecule has 0 aliphatic carbocycles. The molecule has 0 heterocycles. The molecule has 100 valence electrons. The first-order valence-corrected chi connectivity index (χ1v) is 6.07. The Kier molecular flexibility index (Phi) is 4.35. The first-order chi connectivity index (χ1) is 8.34. The third-order valence-corrected chi connectivity index (χ3v) is 3.40. The number of nitrogens with one attached hydrogen (secondary N) is 1. The number of carbonyl (C=O) groups excluding carboxylic acids is 1. The van der Waals surface area contributed by atoms with Gasteiger partial charge in [-0.05, 0) is 50.5 Å². The Morgan fingerprint density at radius 2 is 1.89 bits per heavy atom. The monoisotopic (exact) mass is 250 g/mol. The molecule has 0 radical (unpaired) electrons. The number of anilines is 2. The van der Waals surface area contributed by atoms with Crippen molar-refractivity contribution < 1.29 is 9.53 Å². The Hall–Kier alpha value is -1.55. The van der Waals surface area contributed by atoms with Crippen molar-refractivity contribution in [2.24, 2.45) is 0 Å². The predicted octanol–water partition coefficient (Wildman–Crippen LogP) is 2.64. The average molecular weight is 250 g/mol. The molecule has 1 atom stereocenters. The van der Waals surface area contributed by atoms with E-state index in [1.54, 1.807) is 14.0 Å². The Labute approximate surface area is 109 Å². The number of ether oxygens (including phenoxy) is 1. The van der Waals surface area contributed by atoms with Gasteiger partial charge < -0.3 is 15.8 Å². The van der Waals surface area contributed by atoms with Crippen molar-refractivity contribution in [3.8, 4) is 0 Å². The van der Waals surface area contributed by atoms with E-state index in [0.717, 1.165) is 16.8 Å². The number of rotatable bonds is 4. The highest BCUT2D eigenvalue weighted by molar-refractivity contribution is 5.98. The van der Waals surface area contributed by atoms with E-state index in [9.17, 15) is 4.79 Å². The molecule has 18 heavy (non-hydrogen) atoms. The van der Waals surface area contributed by atoms with Crippen molar-refractivity contribution in [3.05, 3.63) is 23.3 Å². The summed E-state index contributed by atoms with van der Waals surface area (Å²) in [6, 6.07) is 3.69. The third kappa shape index (κ3) is 2.82. The van der Waals surface area contributed by atoms with Gasteiger partial charge in [0.25, 0.3) is 5.91 Å². The fourth-order valence-corrected chi connectivity index (χ4v) is 1.84. The fraction of sp³-hybridized carbons (Fsp3) is 0.500. The van der Waals surface area contributed by atoms with E-state index in [1.165, 1.54) is 0 Å². The van der Waals surface area contributed by atoms with Crippen LogP contribution in [0.2, 0.25) is 0 Å². The van der Waals surface area contributed by atoms with E-state index >= 15 is 0 Å². The lowest BCUT2D eigenvalue weighted by atomic mass is 10.0. The Bertz CT molecular complexity index is 428. The van der Waals surface area contributed by atoms with E-state index in [1.807, 2.05) is 32.9 Å². The summed E-state index contributed by atoms with van der Waals surface area (Å²) in [6.07, 6.45) is 0.613. The standard InChI is InChI=1S/C14H22N2O2/c1-6-14(4,18-5)13(17)16-12-9(2)7-11(15)8-10(12)3/h7-8H,6,15H2,1-5H3,(H,16,17). The molecule has 4 nitrogen and oxygen atoms in total. The van der Waals surface area contributed by atoms with Crippen LogP contribution in [0.25, 0.3) is 0 Å². The van der Waals surface area contributed by atoms with Gasteiger partial charge in [0.2, 0.25) is 0 Å². The molecule has 0 fully saturated rings. The van der Waals surface area contributed by atoms with Crippen molar-refractivity contribution in [2.45, 2.75) is 39.7 Å². The minimum Gasteiger partial charge on any atom is -0.399 e. The maximum Gasteiger partial charge on any atom is 0.256 e. The van der Waals surface area contributed by atoms with Crippen LogP contribution in [0, 0.1) is 13.8 Å². The van der Waals surface area contributed by atoms with Crippen LogP contribution in [-0.2, 0) is 9.53 Å². The van der Waals surface area contributed by atoms with E-state index in [2.05, 4.69) is 5.32 Å². The number of nitrogens with two attached hydrogens (primary N) is 1. The van der Waals surface area contributed by atoms with Crippen molar-refractivity contribution in [1.29, 1.82) is 0 Å². The van der Waals surface area contributed by atoms with Gasteiger partial charge in [-0.15, -0.1) is 0 Å². The molecule has 0 saturated carbocycles. The largest absolute Gasteiger partial charge is 0.399 e. The summed E-state index contributed by atoms with van der Waals surface area (Å²) in [6.45, 7) is 7.56. The first kappa shape index (κ1) is 14.5. The van der Waals surface area contributed by atoms with Crippen LogP contribution in [0.4, 0.5) is 11.4 Å². The Balaban J connectivity index is 3.02. The third-order valence-electron chi connectivity index (χ3n) is 3.40. The summed E-state index contributed by atoms with van der Waals surface area (Å²) < 4.78 is 5.29. The number of amides is 1. The first-order valence-electron chi connectivity index (χ1n) is 6.07.